The van der Waals surface area contributed by atoms with Crippen molar-refractivity contribution in [3.63, 3.8) is 0 Å². The first-order chi connectivity index (χ1) is 11.7. The molecule has 0 aliphatic carbocycles. The van der Waals surface area contributed by atoms with Crippen molar-refractivity contribution in [3.8, 4) is 11.4 Å². The molecule has 0 fully saturated rings. The number of esters is 2. The topological polar surface area (TPSA) is 85.7 Å². The molecule has 0 amide bonds. The van der Waals surface area contributed by atoms with Crippen molar-refractivity contribution in [1.82, 2.24) is 14.6 Å². The van der Waals surface area contributed by atoms with E-state index in [1.54, 1.807) is 24.4 Å². The zero-order valence-corrected chi connectivity index (χ0v) is 13.4. The van der Waals surface area contributed by atoms with Gasteiger partial charge in [0.15, 0.2) is 5.82 Å². The number of hydrogen-bond acceptors (Lipinski definition) is 5. The molecule has 0 aliphatic heterocycles. The Bertz CT molecular complexity index is 880. The summed E-state index contributed by atoms with van der Waals surface area (Å²) in [6.45, 7) is 3.84. The molecule has 0 saturated heterocycles. The fourth-order valence-electron chi connectivity index (χ4n) is 2.51. The van der Waals surface area contributed by atoms with Gasteiger partial charge in [0.2, 0.25) is 0 Å². The van der Waals surface area contributed by atoms with Crippen LogP contribution in [0, 0.1) is 0 Å². The smallest absolute Gasteiger partial charge is 0.342 e. The number of fused-ring (bicyclic) bond motifs is 1. The molecule has 0 atom stereocenters. The van der Waals surface area contributed by atoms with E-state index in [0.717, 1.165) is 5.56 Å². The van der Waals surface area contributed by atoms with E-state index in [1.807, 2.05) is 30.3 Å². The lowest BCUT2D eigenvalue weighted by molar-refractivity contribution is 0.0481. The van der Waals surface area contributed by atoms with Gasteiger partial charge in [0, 0.05) is 11.8 Å². The molecule has 7 heteroatoms. The van der Waals surface area contributed by atoms with Crippen LogP contribution in [0.2, 0.25) is 0 Å². The number of rotatable bonds is 5. The SMILES string of the molecule is CCOC(=O)c1cn2c(-c3ccccc3)n[nH]c2c1C(=O)OCC. The van der Waals surface area contributed by atoms with Gasteiger partial charge < -0.3 is 9.47 Å². The molecule has 1 N–H and O–H groups in total. The molecule has 0 radical (unpaired) electrons. The van der Waals surface area contributed by atoms with Gasteiger partial charge in [-0.2, -0.15) is 5.10 Å². The van der Waals surface area contributed by atoms with Crippen molar-refractivity contribution in [2.24, 2.45) is 0 Å². The number of carbonyl (C=O) groups is 2. The van der Waals surface area contributed by atoms with Gasteiger partial charge in [-0.3, -0.25) is 9.50 Å². The van der Waals surface area contributed by atoms with Crippen molar-refractivity contribution < 1.29 is 19.1 Å². The fourth-order valence-corrected chi connectivity index (χ4v) is 2.51. The van der Waals surface area contributed by atoms with Gasteiger partial charge in [0.25, 0.3) is 0 Å². The van der Waals surface area contributed by atoms with Crippen LogP contribution in [0.5, 0.6) is 0 Å². The molecule has 0 spiro atoms. The number of nitrogens with one attached hydrogen (secondary N) is 1. The average Bonchev–Trinajstić information content (AvgIpc) is 3.14. The van der Waals surface area contributed by atoms with E-state index >= 15 is 0 Å². The highest BCUT2D eigenvalue weighted by Gasteiger charge is 2.27. The third-order valence-corrected chi connectivity index (χ3v) is 3.51. The molecular weight excluding hydrogens is 310 g/mol. The van der Waals surface area contributed by atoms with Crippen LogP contribution in [-0.4, -0.2) is 39.8 Å². The lowest BCUT2D eigenvalue weighted by atomic mass is 10.2. The van der Waals surface area contributed by atoms with Crippen LogP contribution in [0.15, 0.2) is 36.5 Å². The van der Waals surface area contributed by atoms with Gasteiger partial charge in [-0.05, 0) is 13.8 Å². The van der Waals surface area contributed by atoms with E-state index in [1.165, 1.54) is 0 Å². The second-order valence-corrected chi connectivity index (χ2v) is 4.99. The average molecular weight is 327 g/mol. The van der Waals surface area contributed by atoms with Crippen molar-refractivity contribution in [1.29, 1.82) is 0 Å². The molecule has 0 aliphatic rings. The standard InChI is InChI=1S/C17H17N3O4/c1-3-23-16(21)12-10-20-14(11-8-6-5-7-9-11)18-19-15(20)13(12)17(22)24-4-2/h5-10,19H,3-4H2,1-2H3. The predicted molar refractivity (Wildman–Crippen MR) is 86.9 cm³/mol. The molecule has 2 aromatic heterocycles. The molecule has 1 aromatic carbocycles. The summed E-state index contributed by atoms with van der Waals surface area (Å²) in [6.07, 6.45) is 1.55. The van der Waals surface area contributed by atoms with Crippen LogP contribution >= 0.6 is 0 Å². The number of ether oxygens (including phenoxy) is 2. The number of nitrogens with zero attached hydrogens (tertiary/aromatic N) is 2. The Balaban J connectivity index is 2.19. The molecule has 0 bridgehead atoms. The quantitative estimate of drug-likeness (QED) is 0.728. The zero-order chi connectivity index (χ0) is 17.1. The molecule has 7 nitrogen and oxygen atoms in total. The summed E-state index contributed by atoms with van der Waals surface area (Å²) >= 11 is 0. The lowest BCUT2D eigenvalue weighted by Crippen LogP contribution is -2.12. The Morgan fingerprint density at radius 3 is 2.42 bits per heavy atom. The van der Waals surface area contributed by atoms with Crippen LogP contribution in [0.25, 0.3) is 17.0 Å². The fraction of sp³-hybridized carbons (Fsp3) is 0.235. The molecule has 3 rings (SSSR count). The molecular formula is C17H17N3O4. The third-order valence-electron chi connectivity index (χ3n) is 3.51. The Morgan fingerprint density at radius 2 is 1.75 bits per heavy atom. The van der Waals surface area contributed by atoms with Gasteiger partial charge in [0.1, 0.15) is 11.2 Å². The minimum absolute atomic E-state index is 0.130. The number of aromatic amines is 1. The summed E-state index contributed by atoms with van der Waals surface area (Å²) in [4.78, 5) is 24.5. The molecule has 124 valence electrons. The highest BCUT2D eigenvalue weighted by atomic mass is 16.5. The van der Waals surface area contributed by atoms with Crippen LogP contribution in [0.4, 0.5) is 0 Å². The van der Waals surface area contributed by atoms with E-state index in [9.17, 15) is 9.59 Å². The third kappa shape index (κ3) is 2.64. The van der Waals surface area contributed by atoms with E-state index in [2.05, 4.69) is 10.2 Å². The van der Waals surface area contributed by atoms with E-state index in [0.29, 0.717) is 11.5 Å². The molecule has 24 heavy (non-hydrogen) atoms. The zero-order valence-electron chi connectivity index (χ0n) is 13.4. The van der Waals surface area contributed by atoms with Gasteiger partial charge in [-0.1, -0.05) is 30.3 Å². The van der Waals surface area contributed by atoms with E-state index < -0.39 is 11.9 Å². The first-order valence-corrected chi connectivity index (χ1v) is 7.66. The Hall–Kier alpha value is -3.09. The second-order valence-electron chi connectivity index (χ2n) is 4.99. The summed E-state index contributed by atoms with van der Waals surface area (Å²) in [7, 11) is 0. The number of carbonyl (C=O) groups excluding carboxylic acids is 2. The number of H-pyrrole nitrogens is 1. The normalized spacial score (nSPS) is 10.8. The van der Waals surface area contributed by atoms with Gasteiger partial charge in [0.05, 0.1) is 18.8 Å². The van der Waals surface area contributed by atoms with E-state index in [4.69, 9.17) is 9.47 Å². The number of aromatic nitrogens is 3. The van der Waals surface area contributed by atoms with E-state index in [-0.39, 0.29) is 24.3 Å². The van der Waals surface area contributed by atoms with Gasteiger partial charge in [-0.15, -0.1) is 0 Å². The summed E-state index contributed by atoms with van der Waals surface area (Å²) in [6, 6.07) is 9.46. The summed E-state index contributed by atoms with van der Waals surface area (Å²) in [5.41, 5.74) is 1.53. The first-order valence-electron chi connectivity index (χ1n) is 7.66. The molecule has 0 saturated carbocycles. The Labute approximate surface area is 138 Å². The minimum Gasteiger partial charge on any atom is -0.462 e. The second kappa shape index (κ2) is 6.57. The summed E-state index contributed by atoms with van der Waals surface area (Å²) in [5.74, 6) is -0.574. The highest BCUT2D eigenvalue weighted by Crippen LogP contribution is 2.25. The van der Waals surface area contributed by atoms with Crippen LogP contribution < -0.4 is 0 Å². The lowest BCUT2D eigenvalue weighted by Gasteiger charge is -2.03. The predicted octanol–water partition coefficient (Wildman–Crippen LogP) is 2.68. The molecule has 3 aromatic rings. The van der Waals surface area contributed by atoms with Crippen molar-refractivity contribution in [2.75, 3.05) is 13.2 Å². The van der Waals surface area contributed by atoms with Crippen LogP contribution in [-0.2, 0) is 9.47 Å². The van der Waals surface area contributed by atoms with Crippen LogP contribution in [0.1, 0.15) is 34.6 Å². The van der Waals surface area contributed by atoms with Crippen LogP contribution in [0.3, 0.4) is 0 Å². The summed E-state index contributed by atoms with van der Waals surface area (Å²) in [5, 5.41) is 7.07. The first kappa shape index (κ1) is 15.8. The molecule has 0 unspecified atom stereocenters. The largest absolute Gasteiger partial charge is 0.462 e. The monoisotopic (exact) mass is 327 g/mol. The maximum Gasteiger partial charge on any atom is 0.342 e. The van der Waals surface area contributed by atoms with Gasteiger partial charge >= 0.3 is 11.9 Å². The Kier molecular flexibility index (Phi) is 4.33. The minimum atomic E-state index is -0.591. The summed E-state index contributed by atoms with van der Waals surface area (Å²) < 4.78 is 11.8. The Morgan fingerprint density at radius 1 is 1.08 bits per heavy atom. The molecule has 2 heterocycles. The maximum absolute atomic E-state index is 12.3. The highest BCUT2D eigenvalue weighted by molar-refractivity contribution is 6.08. The van der Waals surface area contributed by atoms with Gasteiger partial charge in [-0.25, -0.2) is 9.59 Å². The van der Waals surface area contributed by atoms with Crippen molar-refractivity contribution in [3.05, 3.63) is 47.7 Å². The number of benzene rings is 1. The maximum atomic E-state index is 12.3. The van der Waals surface area contributed by atoms with Crippen molar-refractivity contribution >= 4 is 17.6 Å². The number of hydrogen-bond donors (Lipinski definition) is 1. The van der Waals surface area contributed by atoms with Crippen molar-refractivity contribution in [2.45, 2.75) is 13.8 Å².